The number of hydrogen-bond acceptors (Lipinski definition) is 5. The summed E-state index contributed by atoms with van der Waals surface area (Å²) in [6.07, 6.45) is 15.4. The van der Waals surface area contributed by atoms with Crippen LogP contribution >= 0.6 is 0 Å². The maximum atomic E-state index is 15.2. The fourth-order valence-corrected chi connectivity index (χ4v) is 7.73. The summed E-state index contributed by atoms with van der Waals surface area (Å²) in [5.74, 6) is 1.65. The van der Waals surface area contributed by atoms with Gasteiger partial charge < -0.3 is 0 Å². The van der Waals surface area contributed by atoms with E-state index in [1.807, 2.05) is 0 Å². The normalized spacial score (nSPS) is 22.2. The van der Waals surface area contributed by atoms with Crippen LogP contribution < -0.4 is 0 Å². The molecule has 264 valence electrons. The minimum Gasteiger partial charge on any atom is -0.300 e. The Morgan fingerprint density at radius 2 is 0.900 bits per heavy atom. The van der Waals surface area contributed by atoms with Crippen LogP contribution in [0.5, 0.6) is 0 Å². The van der Waals surface area contributed by atoms with Gasteiger partial charge in [-0.1, -0.05) is 25.7 Å². The molecular formula is C41H46F4N4O. The van der Waals surface area contributed by atoms with Crippen molar-refractivity contribution in [3.63, 3.8) is 0 Å². The van der Waals surface area contributed by atoms with Crippen LogP contribution in [0.3, 0.4) is 0 Å². The van der Waals surface area contributed by atoms with Gasteiger partial charge >= 0.3 is 0 Å². The molecule has 2 fully saturated rings. The first-order valence-corrected chi connectivity index (χ1v) is 18.2. The highest BCUT2D eigenvalue weighted by molar-refractivity contribution is 5.78. The zero-order valence-electron chi connectivity index (χ0n) is 28.5. The molecule has 2 heterocycles. The molecule has 6 rings (SSSR count). The molecule has 0 amide bonds. The number of carbonyl (C=O) groups is 1. The summed E-state index contributed by atoms with van der Waals surface area (Å²) in [5.41, 5.74) is 2.96. The summed E-state index contributed by atoms with van der Waals surface area (Å²) < 4.78 is 56.8. The van der Waals surface area contributed by atoms with Gasteiger partial charge in [0.2, 0.25) is 0 Å². The van der Waals surface area contributed by atoms with Crippen molar-refractivity contribution in [2.24, 2.45) is 23.7 Å². The maximum absolute atomic E-state index is 15.2. The van der Waals surface area contributed by atoms with Crippen molar-refractivity contribution in [3.05, 3.63) is 96.1 Å². The first kappa shape index (κ1) is 35.8. The highest BCUT2D eigenvalue weighted by atomic mass is 19.1. The predicted octanol–water partition coefficient (Wildman–Crippen LogP) is 10.1. The predicted molar refractivity (Wildman–Crippen MR) is 186 cm³/mol. The van der Waals surface area contributed by atoms with Crippen molar-refractivity contribution < 1.29 is 22.4 Å². The second-order valence-corrected chi connectivity index (χ2v) is 14.5. The fourth-order valence-electron chi connectivity index (χ4n) is 7.73. The molecule has 0 radical (unpaired) electrons. The first-order chi connectivity index (χ1) is 24.3. The minimum absolute atomic E-state index is 0.0134. The lowest BCUT2D eigenvalue weighted by molar-refractivity contribution is -0.119. The number of hydrogen-bond donors (Lipinski definition) is 0. The molecule has 2 unspecified atom stereocenters. The van der Waals surface area contributed by atoms with Gasteiger partial charge in [-0.15, -0.1) is 0 Å². The van der Waals surface area contributed by atoms with Gasteiger partial charge in [-0.2, -0.15) is 0 Å². The zero-order valence-corrected chi connectivity index (χ0v) is 28.5. The number of carbonyl (C=O) groups excluding carboxylic acids is 1. The van der Waals surface area contributed by atoms with Gasteiger partial charge in [0.25, 0.3) is 0 Å². The van der Waals surface area contributed by atoms with Crippen LogP contribution in [-0.2, 0) is 17.6 Å². The Morgan fingerprint density at radius 1 is 0.560 bits per heavy atom. The Labute approximate surface area is 292 Å². The van der Waals surface area contributed by atoms with E-state index in [1.165, 1.54) is 24.3 Å². The summed E-state index contributed by atoms with van der Waals surface area (Å²) in [6, 6.07) is 12.0. The molecule has 4 aromatic rings. The van der Waals surface area contributed by atoms with Crippen molar-refractivity contribution in [1.29, 1.82) is 0 Å². The minimum atomic E-state index is -0.949. The lowest BCUT2D eigenvalue weighted by Gasteiger charge is -2.31. The van der Waals surface area contributed by atoms with E-state index in [4.69, 9.17) is 0 Å². The molecule has 5 nitrogen and oxygen atoms in total. The van der Waals surface area contributed by atoms with Crippen LogP contribution in [0.4, 0.5) is 17.6 Å². The third kappa shape index (κ3) is 10.0. The third-order valence-corrected chi connectivity index (χ3v) is 10.9. The van der Waals surface area contributed by atoms with E-state index in [9.17, 15) is 13.6 Å². The van der Waals surface area contributed by atoms with Crippen LogP contribution in [0, 0.1) is 35.3 Å². The molecule has 0 N–H and O–H groups in total. The largest absolute Gasteiger partial charge is 0.300 e. The van der Waals surface area contributed by atoms with Crippen LogP contribution in [0.15, 0.2) is 73.3 Å². The van der Waals surface area contributed by atoms with Crippen molar-refractivity contribution in [1.82, 2.24) is 19.9 Å². The van der Waals surface area contributed by atoms with Crippen molar-refractivity contribution in [2.45, 2.75) is 102 Å². The number of ketones is 1. The quantitative estimate of drug-likeness (QED) is 0.124. The Balaban J connectivity index is 0.833. The Morgan fingerprint density at radius 3 is 1.24 bits per heavy atom. The molecule has 2 atom stereocenters. The van der Waals surface area contributed by atoms with Crippen molar-refractivity contribution >= 4 is 5.78 Å². The maximum Gasteiger partial charge on any atom is 0.159 e. The van der Waals surface area contributed by atoms with E-state index in [0.717, 1.165) is 86.5 Å². The Bertz CT molecular complexity index is 1510. The van der Waals surface area contributed by atoms with Gasteiger partial charge in [-0.05, 0) is 122 Å². The number of nitrogens with zero attached hydrogens (tertiary/aromatic N) is 4. The fraction of sp³-hybridized carbons (Fsp3) is 0.488. The van der Waals surface area contributed by atoms with Gasteiger partial charge in [0.15, 0.2) is 11.6 Å². The molecule has 2 aliphatic carbocycles. The average molecular weight is 687 g/mol. The lowest BCUT2D eigenvalue weighted by Crippen LogP contribution is -2.25. The molecule has 9 heteroatoms. The van der Waals surface area contributed by atoms with Crippen LogP contribution in [0.25, 0.3) is 22.8 Å². The standard InChI is InChI=1S/C41H46F4N4O/c42-35-15-11-33(12-16-35)40-46-23-29(24-47-40)21-38(44)31-7-1-27(2-8-31)5-19-37(50)20-6-28-3-9-32(10-4-28)39(45)22-30-25-48-41(49-26-30)34-13-17-36(43)18-14-34/h11-18,23-28,31-32,38-39H,1-10,19-22H2. The molecule has 0 aliphatic heterocycles. The van der Waals surface area contributed by atoms with Crippen LogP contribution in [0.2, 0.25) is 0 Å². The average Bonchev–Trinajstić information content (AvgIpc) is 3.15. The summed E-state index contributed by atoms with van der Waals surface area (Å²) >= 11 is 0. The zero-order chi connectivity index (χ0) is 34.9. The lowest BCUT2D eigenvalue weighted by atomic mass is 9.76. The van der Waals surface area contributed by atoms with E-state index >= 15 is 8.78 Å². The van der Waals surface area contributed by atoms with Gasteiger partial charge in [0, 0.05) is 61.6 Å². The van der Waals surface area contributed by atoms with Crippen LogP contribution in [0.1, 0.15) is 88.2 Å². The second kappa shape index (κ2) is 17.3. The summed E-state index contributed by atoms with van der Waals surface area (Å²) in [7, 11) is 0. The van der Waals surface area contributed by atoms with E-state index in [-0.39, 0.29) is 36.3 Å². The number of Topliss-reactive ketones (excluding diaryl/α,β-unsaturated/α-hetero) is 1. The molecule has 0 spiro atoms. The Hall–Kier alpha value is -4.01. The first-order valence-electron chi connectivity index (χ1n) is 18.2. The molecule has 2 saturated carbocycles. The van der Waals surface area contributed by atoms with E-state index < -0.39 is 12.3 Å². The molecular weight excluding hydrogens is 640 g/mol. The third-order valence-electron chi connectivity index (χ3n) is 10.9. The van der Waals surface area contributed by atoms with E-state index in [1.54, 1.807) is 49.1 Å². The Kier molecular flexibility index (Phi) is 12.4. The van der Waals surface area contributed by atoms with E-state index in [2.05, 4.69) is 19.9 Å². The molecule has 50 heavy (non-hydrogen) atoms. The number of halogens is 4. The monoisotopic (exact) mass is 686 g/mol. The highest BCUT2D eigenvalue weighted by Crippen LogP contribution is 2.37. The molecule has 2 aromatic carbocycles. The highest BCUT2D eigenvalue weighted by Gasteiger charge is 2.30. The van der Waals surface area contributed by atoms with Gasteiger partial charge in [-0.3, -0.25) is 4.79 Å². The molecule has 2 aliphatic rings. The number of alkyl halides is 2. The topological polar surface area (TPSA) is 68.6 Å². The molecule has 2 aromatic heterocycles. The summed E-state index contributed by atoms with van der Waals surface area (Å²) in [6.45, 7) is 0. The smallest absolute Gasteiger partial charge is 0.159 e. The van der Waals surface area contributed by atoms with Gasteiger partial charge in [0.05, 0.1) is 0 Å². The SMILES string of the molecule is O=C(CCC1CCC(C(F)Cc2cnc(-c3ccc(F)cc3)nc2)CC1)CCC1CCC(C(F)Cc2cnc(-c3ccc(F)cc3)nc2)CC1. The number of rotatable bonds is 14. The van der Waals surface area contributed by atoms with Crippen LogP contribution in [-0.4, -0.2) is 38.1 Å². The van der Waals surface area contributed by atoms with E-state index in [0.29, 0.717) is 42.1 Å². The molecule has 0 bridgehead atoms. The summed E-state index contributed by atoms with van der Waals surface area (Å²) in [4.78, 5) is 30.2. The van der Waals surface area contributed by atoms with Gasteiger partial charge in [-0.25, -0.2) is 37.5 Å². The number of aromatic nitrogens is 4. The second-order valence-electron chi connectivity index (χ2n) is 14.5. The van der Waals surface area contributed by atoms with Gasteiger partial charge in [0.1, 0.15) is 29.8 Å². The van der Waals surface area contributed by atoms with Crippen molar-refractivity contribution in [3.8, 4) is 22.8 Å². The van der Waals surface area contributed by atoms with Crippen molar-refractivity contribution in [2.75, 3.05) is 0 Å². The number of benzene rings is 2. The molecule has 0 saturated heterocycles. The summed E-state index contributed by atoms with van der Waals surface area (Å²) in [5, 5.41) is 0.